The van der Waals surface area contributed by atoms with Crippen molar-refractivity contribution in [3.63, 3.8) is 0 Å². The molecule has 2 aromatic carbocycles. The molecule has 2 heterocycles. The summed E-state index contributed by atoms with van der Waals surface area (Å²) in [6.07, 6.45) is 2.28. The van der Waals surface area contributed by atoms with Crippen molar-refractivity contribution in [2.24, 2.45) is 0 Å². The van der Waals surface area contributed by atoms with Gasteiger partial charge in [-0.05, 0) is 49.6 Å². The zero-order valence-corrected chi connectivity index (χ0v) is 13.0. The Bertz CT molecular complexity index is 810. The summed E-state index contributed by atoms with van der Waals surface area (Å²) in [5.41, 5.74) is 0.327. The molecule has 1 unspecified atom stereocenters. The summed E-state index contributed by atoms with van der Waals surface area (Å²) in [7, 11) is 0. The molecule has 1 fully saturated rings. The zero-order valence-electron chi connectivity index (χ0n) is 13.0. The molecule has 1 saturated heterocycles. The third-order valence-electron chi connectivity index (χ3n) is 4.70. The second kappa shape index (κ2) is 5.53. The first kappa shape index (κ1) is 15.0. The van der Waals surface area contributed by atoms with Crippen LogP contribution in [0, 0.1) is 5.82 Å². The van der Waals surface area contributed by atoms with Gasteiger partial charge < -0.3 is 4.74 Å². The van der Waals surface area contributed by atoms with E-state index in [0.717, 1.165) is 17.7 Å². The molecule has 1 spiro atoms. The molecule has 1 atom stereocenters. The molecular weight excluding hydrogens is 309 g/mol. The van der Waals surface area contributed by atoms with Crippen LogP contribution in [0.4, 0.5) is 10.1 Å². The largest absolute Gasteiger partial charge is 0.360 e. The summed E-state index contributed by atoms with van der Waals surface area (Å²) in [4.78, 5) is 27.3. The summed E-state index contributed by atoms with van der Waals surface area (Å²) >= 11 is 0. The van der Waals surface area contributed by atoms with E-state index in [1.807, 2.05) is 6.07 Å². The lowest BCUT2D eigenvalue weighted by atomic mass is 9.79. The molecule has 2 aromatic rings. The number of carbonyl (C=O) groups is 2. The van der Waals surface area contributed by atoms with Gasteiger partial charge in [-0.25, -0.2) is 9.29 Å². The number of ether oxygens (including phenoxy) is 1. The Morgan fingerprint density at radius 1 is 1.00 bits per heavy atom. The van der Waals surface area contributed by atoms with E-state index in [1.165, 1.54) is 24.3 Å². The maximum Gasteiger partial charge on any atom is 0.270 e. The smallest absolute Gasteiger partial charge is 0.270 e. The average molecular weight is 325 g/mol. The lowest BCUT2D eigenvalue weighted by Gasteiger charge is -2.43. The number of hydrogen-bond acceptors (Lipinski definition) is 3. The summed E-state index contributed by atoms with van der Waals surface area (Å²) in [6, 6.07) is 12.4. The number of hydrogen-bond donors (Lipinski definition) is 0. The molecule has 0 bridgehead atoms. The van der Waals surface area contributed by atoms with E-state index in [2.05, 4.69) is 0 Å². The Kier molecular flexibility index (Phi) is 3.46. The summed E-state index contributed by atoms with van der Waals surface area (Å²) in [6.45, 7) is 0.478. The van der Waals surface area contributed by atoms with Crippen molar-refractivity contribution in [1.29, 1.82) is 0 Å². The number of anilines is 1. The number of carbonyl (C=O) groups excluding carboxylic acids is 2. The Morgan fingerprint density at radius 3 is 2.46 bits per heavy atom. The van der Waals surface area contributed by atoms with Gasteiger partial charge in [-0.2, -0.15) is 0 Å². The lowest BCUT2D eigenvalue weighted by Crippen LogP contribution is -2.57. The van der Waals surface area contributed by atoms with Crippen LogP contribution < -0.4 is 4.90 Å². The highest BCUT2D eigenvalue weighted by Crippen LogP contribution is 2.43. The standard InChI is InChI=1S/C19H16FNO3/c20-13-7-9-14(10-8-13)21-17(22)15-5-1-2-6-16(15)19(18(21)23)11-3-4-12-24-19/h1-2,5-10H,3-4,11-12H2. The van der Waals surface area contributed by atoms with Crippen molar-refractivity contribution in [2.75, 3.05) is 11.5 Å². The SMILES string of the molecule is O=C1c2ccccc2C2(CCCCO2)C(=O)N1c1ccc(F)cc1. The van der Waals surface area contributed by atoms with Crippen LogP contribution in [0.2, 0.25) is 0 Å². The van der Waals surface area contributed by atoms with Crippen molar-refractivity contribution < 1.29 is 18.7 Å². The van der Waals surface area contributed by atoms with Crippen LogP contribution in [0.5, 0.6) is 0 Å². The molecule has 24 heavy (non-hydrogen) atoms. The molecule has 0 saturated carbocycles. The van der Waals surface area contributed by atoms with Crippen LogP contribution in [0.15, 0.2) is 48.5 Å². The van der Waals surface area contributed by atoms with Gasteiger partial charge in [0.1, 0.15) is 5.82 Å². The number of fused-ring (bicyclic) bond motifs is 2. The van der Waals surface area contributed by atoms with Crippen LogP contribution in [0.1, 0.15) is 35.2 Å². The van der Waals surface area contributed by atoms with Crippen LogP contribution >= 0.6 is 0 Å². The fourth-order valence-electron chi connectivity index (χ4n) is 3.53. The molecule has 2 aliphatic rings. The first-order chi connectivity index (χ1) is 11.6. The van der Waals surface area contributed by atoms with Crippen LogP contribution in [-0.2, 0) is 15.1 Å². The summed E-state index contributed by atoms with van der Waals surface area (Å²) in [5, 5.41) is 0. The van der Waals surface area contributed by atoms with Gasteiger partial charge in [-0.1, -0.05) is 18.2 Å². The van der Waals surface area contributed by atoms with Gasteiger partial charge in [0.25, 0.3) is 11.8 Å². The fraction of sp³-hybridized carbons (Fsp3) is 0.263. The molecule has 4 nitrogen and oxygen atoms in total. The molecule has 122 valence electrons. The number of halogens is 1. The van der Waals surface area contributed by atoms with Gasteiger partial charge in [0, 0.05) is 17.7 Å². The lowest BCUT2D eigenvalue weighted by molar-refractivity contribution is -0.152. The van der Waals surface area contributed by atoms with Crippen LogP contribution in [0.25, 0.3) is 0 Å². The maximum atomic E-state index is 13.2. The van der Waals surface area contributed by atoms with Crippen molar-refractivity contribution in [2.45, 2.75) is 24.9 Å². The van der Waals surface area contributed by atoms with E-state index >= 15 is 0 Å². The predicted molar refractivity (Wildman–Crippen MR) is 86.1 cm³/mol. The molecule has 0 radical (unpaired) electrons. The zero-order chi connectivity index (χ0) is 16.7. The highest BCUT2D eigenvalue weighted by Gasteiger charge is 2.52. The van der Waals surface area contributed by atoms with E-state index in [1.54, 1.807) is 18.2 Å². The van der Waals surface area contributed by atoms with Crippen molar-refractivity contribution in [3.05, 3.63) is 65.5 Å². The Hall–Kier alpha value is -2.53. The highest BCUT2D eigenvalue weighted by molar-refractivity contribution is 6.27. The first-order valence-corrected chi connectivity index (χ1v) is 8.01. The topological polar surface area (TPSA) is 46.6 Å². The number of rotatable bonds is 1. The van der Waals surface area contributed by atoms with Gasteiger partial charge in [-0.3, -0.25) is 9.59 Å². The number of imide groups is 1. The third-order valence-corrected chi connectivity index (χ3v) is 4.70. The Labute approximate surface area is 138 Å². The number of nitrogens with zero attached hydrogens (tertiary/aromatic N) is 1. The Balaban J connectivity index is 1.90. The van der Waals surface area contributed by atoms with Gasteiger partial charge in [0.2, 0.25) is 0 Å². The van der Waals surface area contributed by atoms with Gasteiger partial charge in [0.05, 0.1) is 5.69 Å². The minimum Gasteiger partial charge on any atom is -0.360 e. The molecule has 5 heteroatoms. The fourth-order valence-corrected chi connectivity index (χ4v) is 3.53. The second-order valence-electron chi connectivity index (χ2n) is 6.10. The monoisotopic (exact) mass is 325 g/mol. The van der Waals surface area contributed by atoms with Crippen molar-refractivity contribution >= 4 is 17.5 Å². The predicted octanol–water partition coefficient (Wildman–Crippen LogP) is 3.41. The van der Waals surface area contributed by atoms with Gasteiger partial charge in [-0.15, -0.1) is 0 Å². The van der Waals surface area contributed by atoms with Crippen molar-refractivity contribution in [1.82, 2.24) is 0 Å². The second-order valence-corrected chi connectivity index (χ2v) is 6.10. The molecule has 0 N–H and O–H groups in total. The van der Waals surface area contributed by atoms with E-state index in [9.17, 15) is 14.0 Å². The maximum absolute atomic E-state index is 13.2. The molecule has 4 rings (SSSR count). The quantitative estimate of drug-likeness (QED) is 0.755. The average Bonchev–Trinajstić information content (AvgIpc) is 2.63. The number of amides is 2. The van der Waals surface area contributed by atoms with Gasteiger partial charge >= 0.3 is 0 Å². The molecule has 0 aromatic heterocycles. The minimum atomic E-state index is -1.13. The first-order valence-electron chi connectivity index (χ1n) is 8.01. The molecule has 0 aliphatic carbocycles. The summed E-state index contributed by atoms with van der Waals surface area (Å²) in [5.74, 6) is -1.21. The Morgan fingerprint density at radius 2 is 1.75 bits per heavy atom. The minimum absolute atomic E-state index is 0.356. The van der Waals surface area contributed by atoms with E-state index < -0.39 is 23.2 Å². The molecular formula is C19H16FNO3. The molecule has 2 amide bonds. The van der Waals surface area contributed by atoms with Crippen LogP contribution in [0.3, 0.4) is 0 Å². The third kappa shape index (κ3) is 2.08. The highest BCUT2D eigenvalue weighted by atomic mass is 19.1. The van der Waals surface area contributed by atoms with E-state index in [-0.39, 0.29) is 0 Å². The van der Waals surface area contributed by atoms with E-state index in [0.29, 0.717) is 29.8 Å². The molecule has 2 aliphatic heterocycles. The summed E-state index contributed by atoms with van der Waals surface area (Å²) < 4.78 is 19.2. The normalized spacial score (nSPS) is 23.5. The van der Waals surface area contributed by atoms with Crippen molar-refractivity contribution in [3.8, 4) is 0 Å². The van der Waals surface area contributed by atoms with Crippen LogP contribution in [-0.4, -0.2) is 18.4 Å². The van der Waals surface area contributed by atoms with E-state index in [4.69, 9.17) is 4.74 Å². The van der Waals surface area contributed by atoms with Gasteiger partial charge in [0.15, 0.2) is 5.60 Å². The number of benzene rings is 2.